The molecule has 3 aromatic heterocycles. The van der Waals surface area contributed by atoms with Gasteiger partial charge in [0.15, 0.2) is 5.82 Å². The molecule has 1 aromatic carbocycles. The Kier molecular flexibility index (Phi) is 6.09. The van der Waals surface area contributed by atoms with Gasteiger partial charge in [-0.25, -0.2) is 4.68 Å². The van der Waals surface area contributed by atoms with E-state index in [0.717, 1.165) is 34.7 Å². The van der Waals surface area contributed by atoms with E-state index in [4.69, 9.17) is 9.15 Å². The quantitative estimate of drug-likeness (QED) is 0.429. The number of ether oxygens (including phenoxy) is 1. The number of fused-ring (bicyclic) bond motifs is 1. The van der Waals surface area contributed by atoms with E-state index in [0.29, 0.717) is 25.2 Å². The number of methoxy groups -OCH3 is 1. The number of rotatable bonds is 9. The Balaban J connectivity index is 1.67. The number of furan rings is 1. The third kappa shape index (κ3) is 4.57. The van der Waals surface area contributed by atoms with Gasteiger partial charge in [0.25, 0.3) is 5.56 Å². The molecule has 32 heavy (non-hydrogen) atoms. The van der Waals surface area contributed by atoms with Gasteiger partial charge in [-0.1, -0.05) is 6.92 Å². The van der Waals surface area contributed by atoms with E-state index in [9.17, 15) is 4.79 Å². The maximum atomic E-state index is 12.8. The summed E-state index contributed by atoms with van der Waals surface area (Å²) in [7, 11) is 1.63. The number of H-pyrrole nitrogens is 1. The Morgan fingerprint density at radius 3 is 2.75 bits per heavy atom. The fourth-order valence-corrected chi connectivity index (χ4v) is 3.63. The summed E-state index contributed by atoms with van der Waals surface area (Å²) >= 11 is 0. The number of aromatic nitrogens is 5. The molecule has 4 aromatic rings. The lowest BCUT2D eigenvalue weighted by atomic mass is 10.0. The summed E-state index contributed by atoms with van der Waals surface area (Å²) in [5.74, 6) is 2.28. The predicted molar refractivity (Wildman–Crippen MR) is 120 cm³/mol. The van der Waals surface area contributed by atoms with Crippen molar-refractivity contribution in [2.45, 2.75) is 52.4 Å². The van der Waals surface area contributed by atoms with Gasteiger partial charge >= 0.3 is 0 Å². The molecule has 9 heteroatoms. The Hall–Kier alpha value is -3.46. The van der Waals surface area contributed by atoms with Crippen molar-refractivity contribution in [2.75, 3.05) is 7.11 Å². The molecule has 0 aliphatic carbocycles. The Bertz CT molecular complexity index is 1240. The van der Waals surface area contributed by atoms with Gasteiger partial charge in [-0.3, -0.25) is 9.69 Å². The van der Waals surface area contributed by atoms with E-state index in [-0.39, 0.29) is 11.1 Å². The predicted octanol–water partition coefficient (Wildman–Crippen LogP) is 3.46. The van der Waals surface area contributed by atoms with Crippen LogP contribution in [-0.4, -0.2) is 37.2 Å². The van der Waals surface area contributed by atoms with Crippen LogP contribution in [0, 0.1) is 0 Å². The number of aromatic amines is 1. The van der Waals surface area contributed by atoms with Crippen LogP contribution in [0.2, 0.25) is 0 Å². The lowest BCUT2D eigenvalue weighted by molar-refractivity contribution is 0.203. The lowest BCUT2D eigenvalue weighted by Crippen LogP contribution is -2.32. The number of hydrogen-bond donors (Lipinski definition) is 1. The fraction of sp³-hybridized carbons (Fsp3) is 0.391. The first-order valence-corrected chi connectivity index (χ1v) is 10.6. The summed E-state index contributed by atoms with van der Waals surface area (Å²) < 4.78 is 12.8. The van der Waals surface area contributed by atoms with Crippen molar-refractivity contribution in [2.24, 2.45) is 0 Å². The highest BCUT2D eigenvalue weighted by Crippen LogP contribution is 2.22. The van der Waals surface area contributed by atoms with Crippen LogP contribution in [0.25, 0.3) is 10.9 Å². The number of pyridine rings is 1. The first-order chi connectivity index (χ1) is 15.4. The lowest BCUT2D eigenvalue weighted by Gasteiger charge is -2.26. The van der Waals surface area contributed by atoms with Gasteiger partial charge in [0.05, 0.1) is 32.0 Å². The standard InChI is InChI=1S/C23H28N6O3/c1-5-23(2,3)29-21(25-26-27-29)15-28(14-19-7-6-10-32-19)13-17-11-16-12-18(31-4)8-9-20(16)24-22(17)30/h6-12H,5,13-15H2,1-4H3,(H,24,30). The summed E-state index contributed by atoms with van der Waals surface area (Å²) in [6.45, 7) is 7.70. The van der Waals surface area contributed by atoms with E-state index in [2.05, 4.69) is 46.2 Å². The van der Waals surface area contributed by atoms with E-state index in [1.807, 2.05) is 41.1 Å². The second-order valence-electron chi connectivity index (χ2n) is 8.47. The maximum absolute atomic E-state index is 12.8. The zero-order valence-electron chi connectivity index (χ0n) is 18.8. The Morgan fingerprint density at radius 2 is 2.03 bits per heavy atom. The molecular weight excluding hydrogens is 408 g/mol. The van der Waals surface area contributed by atoms with Crippen molar-refractivity contribution >= 4 is 10.9 Å². The van der Waals surface area contributed by atoms with Crippen LogP contribution < -0.4 is 10.3 Å². The van der Waals surface area contributed by atoms with Crippen molar-refractivity contribution in [1.29, 1.82) is 0 Å². The molecule has 0 bridgehead atoms. The average molecular weight is 437 g/mol. The van der Waals surface area contributed by atoms with Crippen LogP contribution in [0.5, 0.6) is 5.75 Å². The summed E-state index contributed by atoms with van der Waals surface area (Å²) in [4.78, 5) is 17.9. The van der Waals surface area contributed by atoms with Crippen LogP contribution in [0.3, 0.4) is 0 Å². The molecule has 9 nitrogen and oxygen atoms in total. The van der Waals surface area contributed by atoms with Gasteiger partial charge in [-0.2, -0.15) is 0 Å². The van der Waals surface area contributed by atoms with Crippen molar-refractivity contribution in [1.82, 2.24) is 30.1 Å². The van der Waals surface area contributed by atoms with Gasteiger partial charge in [0.2, 0.25) is 0 Å². The molecule has 0 radical (unpaired) electrons. The summed E-state index contributed by atoms with van der Waals surface area (Å²) in [6.07, 6.45) is 2.53. The normalized spacial score (nSPS) is 12.0. The SMILES string of the molecule is CCC(C)(C)n1nnnc1CN(Cc1ccco1)Cc1cc2cc(OC)ccc2[nH]c1=O. The fourth-order valence-electron chi connectivity index (χ4n) is 3.63. The molecule has 0 aliphatic heterocycles. The molecule has 0 atom stereocenters. The monoisotopic (exact) mass is 436 g/mol. The number of nitrogens with one attached hydrogen (secondary N) is 1. The number of nitrogens with zero attached hydrogens (tertiary/aromatic N) is 5. The van der Waals surface area contributed by atoms with Gasteiger partial charge in [0, 0.05) is 23.0 Å². The first-order valence-electron chi connectivity index (χ1n) is 10.6. The highest BCUT2D eigenvalue weighted by Gasteiger charge is 2.25. The minimum absolute atomic E-state index is 0.124. The van der Waals surface area contributed by atoms with E-state index >= 15 is 0 Å². The minimum atomic E-state index is -0.216. The third-order valence-electron chi connectivity index (χ3n) is 5.82. The second-order valence-corrected chi connectivity index (χ2v) is 8.47. The topological polar surface area (TPSA) is 102 Å². The van der Waals surface area contributed by atoms with E-state index < -0.39 is 0 Å². The molecule has 0 amide bonds. The van der Waals surface area contributed by atoms with Crippen molar-refractivity contribution in [3.8, 4) is 5.75 Å². The molecule has 0 unspecified atom stereocenters. The van der Waals surface area contributed by atoms with Crippen molar-refractivity contribution in [3.05, 3.63) is 70.2 Å². The van der Waals surface area contributed by atoms with E-state index in [1.165, 1.54) is 0 Å². The maximum Gasteiger partial charge on any atom is 0.252 e. The summed E-state index contributed by atoms with van der Waals surface area (Å²) in [5, 5.41) is 13.3. The summed E-state index contributed by atoms with van der Waals surface area (Å²) in [6, 6.07) is 11.3. The molecule has 4 rings (SSSR count). The molecule has 0 spiro atoms. The zero-order chi connectivity index (χ0) is 22.7. The van der Waals surface area contributed by atoms with Crippen LogP contribution in [0.15, 0.2) is 51.9 Å². The molecule has 0 fully saturated rings. The third-order valence-corrected chi connectivity index (χ3v) is 5.82. The van der Waals surface area contributed by atoms with Gasteiger partial charge in [-0.05, 0) is 67.1 Å². The minimum Gasteiger partial charge on any atom is -0.497 e. The smallest absolute Gasteiger partial charge is 0.252 e. The van der Waals surface area contributed by atoms with Gasteiger partial charge in [0.1, 0.15) is 11.5 Å². The average Bonchev–Trinajstić information content (AvgIpc) is 3.46. The molecular formula is C23H28N6O3. The zero-order valence-corrected chi connectivity index (χ0v) is 18.8. The van der Waals surface area contributed by atoms with E-state index in [1.54, 1.807) is 13.4 Å². The van der Waals surface area contributed by atoms with Crippen LogP contribution in [0.1, 0.15) is 44.3 Å². The van der Waals surface area contributed by atoms with Crippen molar-refractivity contribution in [3.63, 3.8) is 0 Å². The molecule has 1 N–H and O–H groups in total. The largest absolute Gasteiger partial charge is 0.497 e. The molecule has 0 saturated heterocycles. The van der Waals surface area contributed by atoms with Crippen LogP contribution >= 0.6 is 0 Å². The van der Waals surface area contributed by atoms with Crippen molar-refractivity contribution < 1.29 is 9.15 Å². The summed E-state index contributed by atoms with van der Waals surface area (Å²) in [5.41, 5.74) is 1.07. The molecule has 3 heterocycles. The van der Waals surface area contributed by atoms with Gasteiger partial charge < -0.3 is 14.1 Å². The highest BCUT2D eigenvalue weighted by atomic mass is 16.5. The van der Waals surface area contributed by atoms with Gasteiger partial charge in [-0.15, -0.1) is 5.10 Å². The highest BCUT2D eigenvalue weighted by molar-refractivity contribution is 5.80. The number of benzene rings is 1. The Labute approximate surface area is 186 Å². The van der Waals surface area contributed by atoms with Crippen LogP contribution in [-0.2, 0) is 25.2 Å². The second kappa shape index (κ2) is 8.96. The number of tetrazole rings is 1. The molecule has 0 aliphatic rings. The molecule has 168 valence electrons. The molecule has 0 saturated carbocycles. The van der Waals surface area contributed by atoms with Crippen LogP contribution in [0.4, 0.5) is 0 Å². The Morgan fingerprint density at radius 1 is 1.19 bits per heavy atom. The first kappa shape index (κ1) is 21.8. The number of hydrogen-bond acceptors (Lipinski definition) is 7.